The molecule has 0 radical (unpaired) electrons. The highest BCUT2D eigenvalue weighted by Crippen LogP contribution is 2.35. The SMILES string of the molecule is COc1ccc(Cl)cc1C(=O)N=Nc1c(O)[nH]c2ccccc12. The highest BCUT2D eigenvalue weighted by atomic mass is 35.5. The van der Waals surface area contributed by atoms with Crippen molar-refractivity contribution in [3.05, 3.63) is 53.1 Å². The molecule has 0 fully saturated rings. The molecule has 3 aromatic rings. The molecule has 23 heavy (non-hydrogen) atoms. The molecule has 1 heterocycles. The molecule has 7 heteroatoms. The maximum absolute atomic E-state index is 12.2. The van der Waals surface area contributed by atoms with Gasteiger partial charge in [-0.25, -0.2) is 0 Å². The maximum atomic E-state index is 12.2. The number of aromatic hydroxyl groups is 1. The standard InChI is InChI=1S/C16H12ClN3O3/c1-23-13-7-6-9(17)8-11(13)15(21)20-19-14-10-4-2-3-5-12(10)18-16(14)22/h2-8,18,22H,1H3. The van der Waals surface area contributed by atoms with Gasteiger partial charge < -0.3 is 14.8 Å². The summed E-state index contributed by atoms with van der Waals surface area (Å²) < 4.78 is 5.12. The Kier molecular flexibility index (Phi) is 3.99. The number of para-hydroxylation sites is 1. The summed E-state index contributed by atoms with van der Waals surface area (Å²) in [6.07, 6.45) is 0. The molecule has 2 N–H and O–H groups in total. The van der Waals surface area contributed by atoms with Crippen LogP contribution < -0.4 is 4.74 Å². The topological polar surface area (TPSA) is 87.0 Å². The number of amides is 1. The van der Waals surface area contributed by atoms with Gasteiger partial charge in [-0.05, 0) is 24.3 Å². The number of nitrogens with zero attached hydrogens (tertiary/aromatic N) is 2. The molecule has 0 bridgehead atoms. The van der Waals surface area contributed by atoms with Crippen LogP contribution in [-0.2, 0) is 0 Å². The largest absolute Gasteiger partial charge is 0.496 e. The molecule has 2 aromatic carbocycles. The smallest absolute Gasteiger partial charge is 0.299 e. The number of carbonyl (C=O) groups is 1. The number of azo groups is 1. The zero-order valence-electron chi connectivity index (χ0n) is 12.1. The number of benzene rings is 2. The molecule has 0 spiro atoms. The second kappa shape index (κ2) is 6.10. The van der Waals surface area contributed by atoms with Crippen molar-refractivity contribution >= 4 is 34.1 Å². The van der Waals surface area contributed by atoms with Crippen molar-refractivity contribution in [2.75, 3.05) is 7.11 Å². The third-order valence-corrected chi connectivity index (χ3v) is 3.53. The maximum Gasteiger partial charge on any atom is 0.299 e. The van der Waals surface area contributed by atoms with Crippen LogP contribution in [0.3, 0.4) is 0 Å². The van der Waals surface area contributed by atoms with E-state index in [2.05, 4.69) is 15.2 Å². The van der Waals surface area contributed by atoms with Crippen LogP contribution in [0.2, 0.25) is 5.02 Å². The Labute approximate surface area is 136 Å². The summed E-state index contributed by atoms with van der Waals surface area (Å²) >= 11 is 5.90. The number of rotatable bonds is 3. The average molecular weight is 330 g/mol. The summed E-state index contributed by atoms with van der Waals surface area (Å²) in [4.78, 5) is 15.0. The normalized spacial score (nSPS) is 11.2. The second-order valence-electron chi connectivity index (χ2n) is 4.72. The first-order chi connectivity index (χ1) is 11.1. The molecule has 0 unspecified atom stereocenters. The molecule has 0 aliphatic carbocycles. The number of nitrogens with one attached hydrogen (secondary N) is 1. The van der Waals surface area contributed by atoms with E-state index in [9.17, 15) is 9.90 Å². The van der Waals surface area contributed by atoms with Gasteiger partial charge in [0.2, 0.25) is 5.88 Å². The zero-order valence-corrected chi connectivity index (χ0v) is 12.8. The number of carbonyl (C=O) groups excluding carboxylic acids is 1. The van der Waals surface area contributed by atoms with Crippen molar-refractivity contribution in [1.29, 1.82) is 0 Å². The summed E-state index contributed by atoms with van der Waals surface area (Å²) in [5.74, 6) is -0.420. The minimum atomic E-state index is -0.617. The number of hydrogen-bond acceptors (Lipinski definition) is 4. The molecule has 116 valence electrons. The molecule has 0 aliphatic heterocycles. The summed E-state index contributed by atoms with van der Waals surface area (Å²) in [6.45, 7) is 0. The Hall–Kier alpha value is -2.86. The summed E-state index contributed by atoms with van der Waals surface area (Å²) in [6, 6.07) is 11.8. The fraction of sp³-hybridized carbons (Fsp3) is 0.0625. The van der Waals surface area contributed by atoms with Crippen LogP contribution in [0.25, 0.3) is 10.9 Å². The summed E-state index contributed by atoms with van der Waals surface area (Å²) in [5.41, 5.74) is 1.10. The minimum absolute atomic E-state index is 0.152. The van der Waals surface area contributed by atoms with E-state index in [0.717, 1.165) is 0 Å². The fourth-order valence-corrected chi connectivity index (χ4v) is 2.38. The van der Waals surface area contributed by atoms with E-state index in [1.165, 1.54) is 13.2 Å². The first kappa shape index (κ1) is 15.1. The van der Waals surface area contributed by atoms with Gasteiger partial charge in [0, 0.05) is 10.4 Å². The third kappa shape index (κ3) is 2.89. The quantitative estimate of drug-likeness (QED) is 0.695. The highest BCUT2D eigenvalue weighted by Gasteiger charge is 2.14. The number of halogens is 1. The van der Waals surface area contributed by atoms with E-state index in [0.29, 0.717) is 21.7 Å². The molecule has 0 saturated heterocycles. The van der Waals surface area contributed by atoms with Crippen LogP contribution in [0.4, 0.5) is 5.69 Å². The van der Waals surface area contributed by atoms with E-state index in [4.69, 9.17) is 16.3 Å². The Morgan fingerprint density at radius 2 is 2.04 bits per heavy atom. The van der Waals surface area contributed by atoms with Gasteiger partial charge in [-0.2, -0.15) is 0 Å². The molecule has 6 nitrogen and oxygen atoms in total. The van der Waals surface area contributed by atoms with Crippen LogP contribution in [0.15, 0.2) is 52.7 Å². The lowest BCUT2D eigenvalue weighted by atomic mass is 10.2. The molecule has 3 rings (SSSR count). The van der Waals surface area contributed by atoms with Crippen LogP contribution >= 0.6 is 11.6 Å². The highest BCUT2D eigenvalue weighted by molar-refractivity contribution is 6.31. The van der Waals surface area contributed by atoms with Crippen molar-refractivity contribution in [3.63, 3.8) is 0 Å². The van der Waals surface area contributed by atoms with Crippen molar-refractivity contribution in [1.82, 2.24) is 4.98 Å². The predicted molar refractivity (Wildman–Crippen MR) is 86.8 cm³/mol. The molecule has 0 aliphatic rings. The van der Waals surface area contributed by atoms with E-state index in [1.54, 1.807) is 30.3 Å². The number of aromatic amines is 1. The van der Waals surface area contributed by atoms with E-state index < -0.39 is 5.91 Å². The third-order valence-electron chi connectivity index (χ3n) is 3.29. The molecular weight excluding hydrogens is 318 g/mol. The molecule has 1 amide bonds. The van der Waals surface area contributed by atoms with Crippen molar-refractivity contribution in [2.45, 2.75) is 0 Å². The van der Waals surface area contributed by atoms with Gasteiger partial charge in [0.1, 0.15) is 5.75 Å². The van der Waals surface area contributed by atoms with Crippen molar-refractivity contribution in [2.24, 2.45) is 10.2 Å². The van der Waals surface area contributed by atoms with Crippen LogP contribution in [-0.4, -0.2) is 23.1 Å². The number of aromatic nitrogens is 1. The molecular formula is C16H12ClN3O3. The Bertz CT molecular complexity index is 918. The second-order valence-corrected chi connectivity index (χ2v) is 5.15. The van der Waals surface area contributed by atoms with Gasteiger partial charge >= 0.3 is 0 Å². The van der Waals surface area contributed by atoms with Crippen molar-refractivity contribution < 1.29 is 14.6 Å². The minimum Gasteiger partial charge on any atom is -0.496 e. The van der Waals surface area contributed by atoms with Gasteiger partial charge in [0.05, 0.1) is 18.2 Å². The Balaban J connectivity index is 1.98. The fourth-order valence-electron chi connectivity index (χ4n) is 2.21. The predicted octanol–water partition coefficient (Wildman–Crippen LogP) is 4.46. The van der Waals surface area contributed by atoms with Crippen LogP contribution in [0.5, 0.6) is 11.6 Å². The number of ether oxygens (including phenoxy) is 1. The lowest BCUT2D eigenvalue weighted by molar-refractivity contribution is 0.0992. The van der Waals surface area contributed by atoms with Gasteiger partial charge in [-0.3, -0.25) is 4.79 Å². The van der Waals surface area contributed by atoms with E-state index in [1.807, 2.05) is 6.07 Å². The molecule has 1 aromatic heterocycles. The first-order valence-electron chi connectivity index (χ1n) is 6.69. The monoisotopic (exact) mass is 329 g/mol. The Morgan fingerprint density at radius 3 is 2.83 bits per heavy atom. The number of methoxy groups -OCH3 is 1. The zero-order chi connectivity index (χ0) is 16.4. The van der Waals surface area contributed by atoms with Gasteiger partial charge in [-0.1, -0.05) is 29.8 Å². The van der Waals surface area contributed by atoms with Gasteiger partial charge in [-0.15, -0.1) is 10.2 Å². The number of hydrogen-bond donors (Lipinski definition) is 2. The average Bonchev–Trinajstić information content (AvgIpc) is 2.88. The lowest BCUT2D eigenvalue weighted by Crippen LogP contribution is -1.98. The number of fused-ring (bicyclic) bond motifs is 1. The Morgan fingerprint density at radius 1 is 1.26 bits per heavy atom. The van der Waals surface area contributed by atoms with Crippen molar-refractivity contribution in [3.8, 4) is 11.6 Å². The van der Waals surface area contributed by atoms with Gasteiger partial charge in [0.25, 0.3) is 5.91 Å². The molecule has 0 atom stereocenters. The molecule has 0 saturated carbocycles. The number of H-pyrrole nitrogens is 1. The summed E-state index contributed by atoms with van der Waals surface area (Å²) in [5, 5.41) is 18.5. The van der Waals surface area contributed by atoms with E-state index in [-0.39, 0.29) is 17.1 Å². The lowest BCUT2D eigenvalue weighted by Gasteiger charge is -2.04. The first-order valence-corrected chi connectivity index (χ1v) is 7.07. The van der Waals surface area contributed by atoms with Gasteiger partial charge in [0.15, 0.2) is 5.69 Å². The van der Waals surface area contributed by atoms with Crippen LogP contribution in [0, 0.1) is 0 Å². The summed E-state index contributed by atoms with van der Waals surface area (Å²) in [7, 11) is 1.45. The van der Waals surface area contributed by atoms with Crippen LogP contribution in [0.1, 0.15) is 10.4 Å². The van der Waals surface area contributed by atoms with E-state index >= 15 is 0 Å².